The van der Waals surface area contributed by atoms with Crippen LogP contribution in [0, 0.1) is 28.7 Å². The number of nitrogens with zero attached hydrogens (tertiary/aromatic N) is 2. The molecule has 0 bridgehead atoms. The Morgan fingerprint density at radius 3 is 2.45 bits per heavy atom. The van der Waals surface area contributed by atoms with Gasteiger partial charge in [-0.2, -0.15) is 0 Å². The third-order valence-electron chi connectivity index (χ3n) is 7.16. The van der Waals surface area contributed by atoms with Gasteiger partial charge in [0.15, 0.2) is 17.5 Å². The minimum absolute atomic E-state index is 0.0352. The van der Waals surface area contributed by atoms with Crippen molar-refractivity contribution in [3.63, 3.8) is 0 Å². The summed E-state index contributed by atoms with van der Waals surface area (Å²) < 4.78 is 75.2. The van der Waals surface area contributed by atoms with E-state index >= 15 is 4.39 Å². The molecule has 1 fully saturated rings. The number of hydrogen-bond acceptors (Lipinski definition) is 5. The molecule has 0 spiro atoms. The van der Waals surface area contributed by atoms with Crippen molar-refractivity contribution >= 4 is 28.6 Å². The number of piperidine rings is 1. The van der Waals surface area contributed by atoms with E-state index in [0.717, 1.165) is 18.3 Å². The van der Waals surface area contributed by atoms with E-state index in [9.17, 15) is 27.5 Å². The number of rotatable bonds is 10. The topological polar surface area (TPSA) is 62.7 Å². The Morgan fingerprint density at radius 2 is 1.82 bits per heavy atom. The molecule has 204 valence electrons. The Morgan fingerprint density at radius 1 is 1.13 bits per heavy atom. The van der Waals surface area contributed by atoms with Crippen molar-refractivity contribution < 1.29 is 36.6 Å². The maximum Gasteiger partial charge on any atom is 0.309 e. The highest BCUT2D eigenvalue weighted by molar-refractivity contribution is 7.99. The molecule has 1 aromatic heterocycles. The number of alkyl halides is 1. The molecule has 0 aliphatic carbocycles. The molecule has 11 heteroatoms. The smallest absolute Gasteiger partial charge is 0.309 e. The van der Waals surface area contributed by atoms with Crippen LogP contribution in [-0.2, 0) is 4.79 Å². The van der Waals surface area contributed by atoms with E-state index < -0.39 is 40.8 Å². The van der Waals surface area contributed by atoms with Crippen LogP contribution in [-0.4, -0.2) is 53.5 Å². The van der Waals surface area contributed by atoms with E-state index in [1.54, 1.807) is 12.1 Å². The lowest BCUT2D eigenvalue weighted by molar-refractivity contribution is -0.153. The second-order valence-electron chi connectivity index (χ2n) is 9.39. The number of likely N-dealkylation sites (tertiary alicyclic amines) is 1. The number of carboxylic acids is 1. The average molecular weight is 555 g/mol. The molecule has 1 N–H and O–H groups in total. The number of carbonyl (C=O) groups is 1. The minimum Gasteiger partial charge on any atom is -0.497 e. The number of thioether (sulfide) groups is 1. The van der Waals surface area contributed by atoms with Crippen molar-refractivity contribution in [3.05, 3.63) is 65.4 Å². The van der Waals surface area contributed by atoms with Crippen LogP contribution >= 0.6 is 11.8 Å². The Bertz CT molecular complexity index is 1290. The molecule has 1 saturated heterocycles. The lowest BCUT2D eigenvalue weighted by Crippen LogP contribution is -2.45. The van der Waals surface area contributed by atoms with E-state index in [2.05, 4.69) is 4.98 Å². The monoisotopic (exact) mass is 554 g/mol. The molecule has 2 heterocycles. The zero-order valence-electron chi connectivity index (χ0n) is 20.7. The molecule has 0 unspecified atom stereocenters. The number of halogens is 5. The maximum absolute atomic E-state index is 15.4. The molecular weight excluding hydrogens is 527 g/mol. The minimum atomic E-state index is -1.73. The number of aromatic nitrogens is 1. The summed E-state index contributed by atoms with van der Waals surface area (Å²) in [5, 5.41) is 10.3. The number of benzene rings is 2. The number of fused-ring (bicyclic) bond motifs is 1. The first kappa shape index (κ1) is 28.1. The number of hydrogen-bond donors (Lipinski definition) is 1. The SMILES string of the molecule is COc1ccc2ncc(F)c([C@@H](F)CCC3(C(=O)O)CCN(CCSc4cc(F)c(F)c(F)c4)CC3)c2c1. The first-order valence-corrected chi connectivity index (χ1v) is 13.1. The first-order chi connectivity index (χ1) is 18.1. The van der Waals surface area contributed by atoms with Gasteiger partial charge in [-0.05, 0) is 69.1 Å². The van der Waals surface area contributed by atoms with Crippen LogP contribution in [0.2, 0.25) is 0 Å². The highest BCUT2D eigenvalue weighted by atomic mass is 32.2. The van der Waals surface area contributed by atoms with Crippen molar-refractivity contribution in [2.45, 2.75) is 36.8 Å². The van der Waals surface area contributed by atoms with Crippen molar-refractivity contribution in [2.75, 3.05) is 32.5 Å². The summed E-state index contributed by atoms with van der Waals surface area (Å²) in [5.74, 6) is -4.92. The fraction of sp³-hybridized carbons (Fsp3) is 0.407. The zero-order chi connectivity index (χ0) is 27.4. The molecule has 0 amide bonds. The number of aliphatic carboxylic acids is 1. The van der Waals surface area contributed by atoms with Crippen LogP contribution in [0.15, 0.2) is 41.4 Å². The fourth-order valence-corrected chi connectivity index (χ4v) is 5.80. The molecule has 1 aliphatic heterocycles. The molecule has 2 aromatic carbocycles. The van der Waals surface area contributed by atoms with Crippen LogP contribution in [0.1, 0.15) is 37.4 Å². The molecule has 4 rings (SSSR count). The lowest BCUT2D eigenvalue weighted by Gasteiger charge is -2.39. The van der Waals surface area contributed by atoms with Gasteiger partial charge in [0, 0.05) is 28.1 Å². The van der Waals surface area contributed by atoms with Gasteiger partial charge < -0.3 is 14.7 Å². The summed E-state index contributed by atoms with van der Waals surface area (Å²) >= 11 is 1.17. The van der Waals surface area contributed by atoms with E-state index in [1.165, 1.54) is 24.9 Å². The summed E-state index contributed by atoms with van der Waals surface area (Å²) in [7, 11) is 1.45. The second-order valence-corrected chi connectivity index (χ2v) is 10.6. The van der Waals surface area contributed by atoms with Gasteiger partial charge in [0.1, 0.15) is 17.7 Å². The standard InChI is InChI=1S/C27H27F5N2O3S/c1-37-16-2-3-23-18(12-16)24(22(31)15-33-23)19(28)4-5-27(26(35)36)6-8-34(9-7-27)10-11-38-17-13-20(29)25(32)21(30)14-17/h2-3,12-15,19H,4-11H2,1H3,(H,35,36)/t19-/m0/s1. The van der Waals surface area contributed by atoms with Crippen LogP contribution in [0.3, 0.4) is 0 Å². The molecule has 0 saturated carbocycles. The van der Waals surface area contributed by atoms with Gasteiger partial charge in [0.2, 0.25) is 0 Å². The van der Waals surface area contributed by atoms with Gasteiger partial charge in [-0.15, -0.1) is 11.8 Å². The predicted octanol–water partition coefficient (Wildman–Crippen LogP) is 6.55. The highest BCUT2D eigenvalue weighted by Crippen LogP contribution is 2.41. The van der Waals surface area contributed by atoms with Gasteiger partial charge in [-0.25, -0.2) is 22.0 Å². The van der Waals surface area contributed by atoms with Gasteiger partial charge in [-0.1, -0.05) is 0 Å². The van der Waals surface area contributed by atoms with Gasteiger partial charge in [0.25, 0.3) is 0 Å². The van der Waals surface area contributed by atoms with Gasteiger partial charge in [-0.3, -0.25) is 9.78 Å². The Kier molecular flexibility index (Phi) is 8.77. The summed E-state index contributed by atoms with van der Waals surface area (Å²) in [6.07, 6.45) is -0.325. The van der Waals surface area contributed by atoms with Crippen molar-refractivity contribution in [3.8, 4) is 5.75 Å². The predicted molar refractivity (Wildman–Crippen MR) is 134 cm³/mol. The van der Waals surface area contributed by atoms with Crippen molar-refractivity contribution in [1.29, 1.82) is 0 Å². The Balaban J connectivity index is 1.36. The lowest BCUT2D eigenvalue weighted by atomic mass is 9.74. The van der Waals surface area contributed by atoms with Gasteiger partial charge in [0.05, 0.1) is 24.2 Å². The number of carboxylic acid groups (broad SMARTS) is 1. The van der Waals surface area contributed by atoms with Crippen LogP contribution in [0.25, 0.3) is 10.9 Å². The highest BCUT2D eigenvalue weighted by Gasteiger charge is 2.41. The number of pyridine rings is 1. The van der Waals surface area contributed by atoms with E-state index in [-0.39, 0.29) is 41.5 Å². The summed E-state index contributed by atoms with van der Waals surface area (Å²) in [4.78, 5) is 18.5. The third-order valence-corrected chi connectivity index (χ3v) is 8.11. The summed E-state index contributed by atoms with van der Waals surface area (Å²) in [6, 6.07) is 6.65. The van der Waals surface area contributed by atoms with Crippen LogP contribution in [0.4, 0.5) is 22.0 Å². The largest absolute Gasteiger partial charge is 0.497 e. The third kappa shape index (κ3) is 6.04. The van der Waals surface area contributed by atoms with E-state index in [1.807, 2.05) is 4.90 Å². The maximum atomic E-state index is 15.4. The molecule has 38 heavy (non-hydrogen) atoms. The van der Waals surface area contributed by atoms with Crippen molar-refractivity contribution in [1.82, 2.24) is 9.88 Å². The first-order valence-electron chi connectivity index (χ1n) is 12.1. The summed E-state index contributed by atoms with van der Waals surface area (Å²) in [5.41, 5.74) is -0.888. The van der Waals surface area contributed by atoms with E-state index in [4.69, 9.17) is 4.74 Å². The average Bonchev–Trinajstić information content (AvgIpc) is 2.90. The number of methoxy groups -OCH3 is 1. The normalized spacial score (nSPS) is 16.5. The zero-order valence-corrected chi connectivity index (χ0v) is 21.5. The van der Waals surface area contributed by atoms with Gasteiger partial charge >= 0.3 is 5.97 Å². The molecule has 3 aromatic rings. The molecule has 1 aliphatic rings. The quantitative estimate of drug-likeness (QED) is 0.174. The Hall–Kier alpha value is -2.92. The number of ether oxygens (including phenoxy) is 1. The molecule has 0 radical (unpaired) electrons. The second kappa shape index (κ2) is 11.9. The summed E-state index contributed by atoms with van der Waals surface area (Å²) in [6.45, 7) is 1.42. The van der Waals surface area contributed by atoms with E-state index in [0.29, 0.717) is 36.7 Å². The molecule has 1 atom stereocenters. The fourth-order valence-electron chi connectivity index (χ4n) is 4.84. The molecule has 5 nitrogen and oxygen atoms in total. The van der Waals surface area contributed by atoms with Crippen LogP contribution in [0.5, 0.6) is 5.75 Å². The Labute approximate surface area is 221 Å². The molecular formula is C27H27F5N2O3S. The van der Waals surface area contributed by atoms with Crippen molar-refractivity contribution in [2.24, 2.45) is 5.41 Å². The van der Waals surface area contributed by atoms with Crippen LogP contribution < -0.4 is 4.74 Å².